The first-order chi connectivity index (χ1) is 9.20. The van der Waals surface area contributed by atoms with Crippen LogP contribution in [0.15, 0.2) is 0 Å². The van der Waals surface area contributed by atoms with Gasteiger partial charge in [0.2, 0.25) is 0 Å². The zero-order valence-electron chi connectivity index (χ0n) is 12.0. The normalized spacial score (nSPS) is 28.7. The van der Waals surface area contributed by atoms with Gasteiger partial charge in [-0.2, -0.15) is 0 Å². The Morgan fingerprint density at radius 3 is 2.74 bits per heavy atom. The molecule has 3 N–H and O–H groups in total. The Morgan fingerprint density at radius 1 is 1.32 bits per heavy atom. The minimum atomic E-state index is -0.295. The highest BCUT2D eigenvalue weighted by Gasteiger charge is 2.43. The van der Waals surface area contributed by atoms with Crippen molar-refractivity contribution in [2.24, 2.45) is 11.8 Å². The maximum Gasteiger partial charge on any atom is 0.315 e. The van der Waals surface area contributed by atoms with Crippen molar-refractivity contribution in [3.63, 3.8) is 0 Å². The van der Waals surface area contributed by atoms with Crippen molar-refractivity contribution in [2.75, 3.05) is 6.54 Å². The molecule has 2 amide bonds. The summed E-state index contributed by atoms with van der Waals surface area (Å²) in [7, 11) is 0. The van der Waals surface area contributed by atoms with Crippen LogP contribution in [0.25, 0.3) is 0 Å². The lowest BCUT2D eigenvalue weighted by Gasteiger charge is -2.21. The second-order valence-corrected chi connectivity index (χ2v) is 6.16. The molecule has 2 aliphatic carbocycles. The van der Waals surface area contributed by atoms with Crippen LogP contribution in [0.5, 0.6) is 0 Å². The van der Waals surface area contributed by atoms with Crippen LogP contribution in [0.1, 0.15) is 58.3 Å². The molecule has 2 saturated carbocycles. The summed E-state index contributed by atoms with van der Waals surface area (Å²) >= 11 is 0. The van der Waals surface area contributed by atoms with Gasteiger partial charge < -0.3 is 15.7 Å². The molecule has 0 aliphatic heterocycles. The molecule has 110 valence electrons. The van der Waals surface area contributed by atoms with E-state index in [2.05, 4.69) is 10.6 Å². The van der Waals surface area contributed by atoms with E-state index in [0.29, 0.717) is 19.0 Å². The Balaban J connectivity index is 1.57. The lowest BCUT2D eigenvalue weighted by Crippen LogP contribution is -2.39. The van der Waals surface area contributed by atoms with Crippen molar-refractivity contribution < 1.29 is 9.90 Å². The summed E-state index contributed by atoms with van der Waals surface area (Å²) in [4.78, 5) is 11.7. The van der Waals surface area contributed by atoms with Crippen LogP contribution in [0.4, 0.5) is 4.79 Å². The van der Waals surface area contributed by atoms with Crippen molar-refractivity contribution in [3.8, 4) is 0 Å². The number of rotatable bonds is 6. The number of aliphatic hydroxyl groups excluding tert-OH is 1. The maximum absolute atomic E-state index is 11.7. The Labute approximate surface area is 116 Å². The molecule has 0 heterocycles. The number of urea groups is 1. The van der Waals surface area contributed by atoms with E-state index < -0.39 is 0 Å². The van der Waals surface area contributed by atoms with Gasteiger partial charge >= 0.3 is 6.03 Å². The minimum absolute atomic E-state index is 0.0633. The van der Waals surface area contributed by atoms with E-state index in [1.807, 2.05) is 6.92 Å². The van der Waals surface area contributed by atoms with Gasteiger partial charge in [0.1, 0.15) is 0 Å². The summed E-state index contributed by atoms with van der Waals surface area (Å²) in [5.41, 5.74) is 0. The van der Waals surface area contributed by atoms with E-state index in [1.54, 1.807) is 0 Å². The van der Waals surface area contributed by atoms with Crippen molar-refractivity contribution in [1.29, 1.82) is 0 Å². The molecule has 4 heteroatoms. The number of hydrogen-bond acceptors (Lipinski definition) is 2. The van der Waals surface area contributed by atoms with E-state index >= 15 is 0 Å². The molecule has 0 bridgehead atoms. The molecule has 2 rings (SSSR count). The molecule has 0 spiro atoms. The Bertz CT molecular complexity index is 290. The lowest BCUT2D eigenvalue weighted by molar-refractivity contribution is 0.160. The first-order valence-electron chi connectivity index (χ1n) is 7.93. The summed E-state index contributed by atoms with van der Waals surface area (Å²) < 4.78 is 0. The van der Waals surface area contributed by atoms with E-state index in [0.717, 1.165) is 24.7 Å². The largest absolute Gasteiger partial charge is 0.393 e. The number of nitrogens with one attached hydrogen (secondary N) is 2. The summed E-state index contributed by atoms with van der Waals surface area (Å²) in [6.07, 6.45) is 9.09. The Morgan fingerprint density at radius 2 is 2.05 bits per heavy atom. The molecule has 3 unspecified atom stereocenters. The molecule has 2 aliphatic rings. The summed E-state index contributed by atoms with van der Waals surface area (Å²) in [6.45, 7) is 2.51. The Kier molecular flexibility index (Phi) is 5.49. The summed E-state index contributed by atoms with van der Waals surface area (Å²) in [5, 5.41) is 15.3. The number of carbonyl (C=O) groups is 1. The van der Waals surface area contributed by atoms with Crippen LogP contribution >= 0.6 is 0 Å². The smallest absolute Gasteiger partial charge is 0.315 e. The summed E-state index contributed by atoms with van der Waals surface area (Å²) in [6, 6.07) is 0.339. The van der Waals surface area contributed by atoms with Crippen LogP contribution in [-0.4, -0.2) is 29.8 Å². The average Bonchev–Trinajstić information content (AvgIpc) is 3.18. The van der Waals surface area contributed by atoms with Crippen LogP contribution in [0, 0.1) is 11.8 Å². The number of carbonyl (C=O) groups excluding carboxylic acids is 1. The van der Waals surface area contributed by atoms with Gasteiger partial charge in [0, 0.05) is 12.6 Å². The molecule has 0 aromatic rings. The molecule has 0 aromatic heterocycles. The number of hydrogen-bond donors (Lipinski definition) is 3. The van der Waals surface area contributed by atoms with Gasteiger partial charge in [-0.15, -0.1) is 0 Å². The third kappa shape index (κ3) is 4.68. The van der Waals surface area contributed by atoms with Gasteiger partial charge in [0.25, 0.3) is 0 Å². The molecule has 0 radical (unpaired) electrons. The standard InChI is InChI=1S/C15H28N2O2/c1-2-12(18)8-9-16-15(19)17-14-10-13(14)11-6-4-3-5-7-11/h11-14,18H,2-10H2,1H3,(H2,16,17,19). The molecular formula is C15H28N2O2. The highest BCUT2D eigenvalue weighted by molar-refractivity contribution is 5.74. The predicted octanol–water partition coefficient (Wildman–Crippen LogP) is 2.42. The van der Waals surface area contributed by atoms with Crippen LogP contribution < -0.4 is 10.6 Å². The molecule has 0 aromatic carbocycles. The van der Waals surface area contributed by atoms with Crippen LogP contribution in [0.2, 0.25) is 0 Å². The van der Waals surface area contributed by atoms with E-state index in [-0.39, 0.29) is 12.1 Å². The quantitative estimate of drug-likeness (QED) is 0.693. The molecule has 3 atom stereocenters. The second-order valence-electron chi connectivity index (χ2n) is 6.16. The molecule has 4 nitrogen and oxygen atoms in total. The van der Waals surface area contributed by atoms with E-state index in [9.17, 15) is 9.90 Å². The van der Waals surface area contributed by atoms with Crippen molar-refractivity contribution in [1.82, 2.24) is 10.6 Å². The van der Waals surface area contributed by atoms with Gasteiger partial charge in [-0.25, -0.2) is 4.79 Å². The Hall–Kier alpha value is -0.770. The first kappa shape index (κ1) is 14.6. The van der Waals surface area contributed by atoms with Crippen molar-refractivity contribution >= 4 is 6.03 Å². The van der Waals surface area contributed by atoms with Crippen molar-refractivity contribution in [2.45, 2.75) is 70.4 Å². The third-order valence-electron chi connectivity index (χ3n) is 4.65. The van der Waals surface area contributed by atoms with E-state index in [4.69, 9.17) is 0 Å². The lowest BCUT2D eigenvalue weighted by atomic mass is 9.85. The molecular weight excluding hydrogens is 240 g/mol. The molecule has 2 fully saturated rings. The maximum atomic E-state index is 11.7. The second kappa shape index (κ2) is 7.13. The first-order valence-corrected chi connectivity index (χ1v) is 7.93. The average molecular weight is 268 g/mol. The number of amides is 2. The van der Waals surface area contributed by atoms with Gasteiger partial charge in [-0.1, -0.05) is 39.0 Å². The van der Waals surface area contributed by atoms with E-state index in [1.165, 1.54) is 32.1 Å². The molecule has 19 heavy (non-hydrogen) atoms. The van der Waals surface area contributed by atoms with Gasteiger partial charge in [0.15, 0.2) is 0 Å². The topological polar surface area (TPSA) is 61.4 Å². The fraction of sp³-hybridized carbons (Fsp3) is 0.933. The number of aliphatic hydroxyl groups is 1. The minimum Gasteiger partial charge on any atom is -0.393 e. The van der Waals surface area contributed by atoms with Crippen LogP contribution in [-0.2, 0) is 0 Å². The fourth-order valence-electron chi connectivity index (χ4n) is 3.24. The SMILES string of the molecule is CCC(O)CCNC(=O)NC1CC1C1CCCCC1. The van der Waals surface area contributed by atoms with Gasteiger partial charge in [-0.3, -0.25) is 0 Å². The van der Waals surface area contributed by atoms with Gasteiger partial charge in [0.05, 0.1) is 6.10 Å². The zero-order valence-corrected chi connectivity index (χ0v) is 12.0. The summed E-state index contributed by atoms with van der Waals surface area (Å²) in [5.74, 6) is 1.58. The zero-order chi connectivity index (χ0) is 13.7. The van der Waals surface area contributed by atoms with Crippen molar-refractivity contribution in [3.05, 3.63) is 0 Å². The fourth-order valence-corrected chi connectivity index (χ4v) is 3.24. The third-order valence-corrected chi connectivity index (χ3v) is 4.65. The highest BCUT2D eigenvalue weighted by atomic mass is 16.3. The highest BCUT2D eigenvalue weighted by Crippen LogP contribution is 2.44. The van der Waals surface area contributed by atoms with Crippen LogP contribution in [0.3, 0.4) is 0 Å². The van der Waals surface area contributed by atoms with Gasteiger partial charge in [-0.05, 0) is 31.1 Å². The molecule has 0 saturated heterocycles. The monoisotopic (exact) mass is 268 g/mol. The predicted molar refractivity (Wildman–Crippen MR) is 75.9 cm³/mol.